The lowest BCUT2D eigenvalue weighted by molar-refractivity contribution is 1.60. The molecule has 8 rings (SSSR count). The molecule has 0 N–H and O–H groups in total. The molecule has 0 radical (unpaired) electrons. The van der Waals surface area contributed by atoms with Crippen LogP contribution in [0.15, 0.2) is 159 Å². The van der Waals surface area contributed by atoms with Crippen molar-refractivity contribution in [1.82, 2.24) is 0 Å². The third kappa shape index (κ3) is 4.53. The largest absolute Gasteiger partial charge is 0.0984 e. The predicted molar refractivity (Wildman–Crippen MR) is 207 cm³/mol. The molecule has 0 atom stereocenters. The van der Waals surface area contributed by atoms with Gasteiger partial charge in [0, 0.05) is 0 Å². The lowest BCUT2D eigenvalue weighted by Gasteiger charge is -2.14. The molecule has 1 aliphatic rings. The van der Waals surface area contributed by atoms with Crippen LogP contribution in [-0.2, 0) is 0 Å². The van der Waals surface area contributed by atoms with Crippen LogP contribution in [-0.4, -0.2) is 0 Å². The van der Waals surface area contributed by atoms with E-state index in [0.717, 1.165) is 11.1 Å². The third-order valence-corrected chi connectivity index (χ3v) is 9.65. The zero-order valence-electron chi connectivity index (χ0n) is 26.6. The fourth-order valence-electron chi connectivity index (χ4n) is 7.48. The zero-order valence-corrected chi connectivity index (χ0v) is 26.6. The van der Waals surface area contributed by atoms with Crippen molar-refractivity contribution in [1.29, 1.82) is 0 Å². The molecule has 0 bridgehead atoms. The first-order valence-corrected chi connectivity index (χ1v) is 16.1. The van der Waals surface area contributed by atoms with Gasteiger partial charge in [-0.15, -0.1) is 0 Å². The first-order chi connectivity index (χ1) is 23.1. The molecule has 7 aromatic rings. The van der Waals surface area contributed by atoms with Crippen molar-refractivity contribution in [2.24, 2.45) is 0 Å². The maximum atomic E-state index is 4.14. The zero-order chi connectivity index (χ0) is 32.1. The average Bonchev–Trinajstić information content (AvgIpc) is 3.44. The normalized spacial score (nSPS) is 12.4. The summed E-state index contributed by atoms with van der Waals surface area (Å²) in [7, 11) is 0. The predicted octanol–water partition coefficient (Wildman–Crippen LogP) is 13.4. The van der Waals surface area contributed by atoms with Crippen molar-refractivity contribution >= 4 is 55.6 Å². The van der Waals surface area contributed by atoms with Crippen LogP contribution in [0, 0.1) is 0 Å². The van der Waals surface area contributed by atoms with Crippen molar-refractivity contribution in [3.8, 4) is 33.4 Å². The number of allylic oxidation sites excluding steroid dienone is 5. The van der Waals surface area contributed by atoms with Crippen molar-refractivity contribution in [3.63, 3.8) is 0 Å². The summed E-state index contributed by atoms with van der Waals surface area (Å²) in [6.45, 7) is 14.4. The first kappa shape index (κ1) is 28.5. The topological polar surface area (TPSA) is 0 Å². The average molecular weight is 599 g/mol. The molecule has 222 valence electrons. The highest BCUT2D eigenvalue weighted by molar-refractivity contribution is 6.20. The van der Waals surface area contributed by atoms with Crippen LogP contribution in [0.4, 0.5) is 0 Å². The second-order valence-corrected chi connectivity index (χ2v) is 12.2. The molecule has 0 heteroatoms. The summed E-state index contributed by atoms with van der Waals surface area (Å²) in [5.41, 5.74) is 14.4. The van der Waals surface area contributed by atoms with Gasteiger partial charge in [-0.2, -0.15) is 0 Å². The second-order valence-electron chi connectivity index (χ2n) is 12.2. The van der Waals surface area contributed by atoms with E-state index in [4.69, 9.17) is 0 Å². The number of rotatable bonds is 7. The molecular formula is C47H34. The summed E-state index contributed by atoms with van der Waals surface area (Å²) in [6, 6.07) is 44.5. The van der Waals surface area contributed by atoms with E-state index in [-0.39, 0.29) is 0 Å². The standard InChI is InChI=1S/C47H34/c1-5-13-40-38(8-4)45-25-24-39(43-18-12-19-44(40)47(43)45)35-23-21-31-20-22-33(27-36(31)28-35)32-14-11-15-34(26-32)46-29-30(6-2)37(7-3)41-16-9-10-17-42(41)46/h5-29H,2-4H2,1H3/b13-5-. The molecule has 0 spiro atoms. The van der Waals surface area contributed by atoms with Gasteiger partial charge in [0.15, 0.2) is 0 Å². The minimum atomic E-state index is 1.09. The Morgan fingerprint density at radius 1 is 0.447 bits per heavy atom. The van der Waals surface area contributed by atoms with Crippen LogP contribution < -0.4 is 0 Å². The number of benzene rings is 7. The summed E-state index contributed by atoms with van der Waals surface area (Å²) in [4.78, 5) is 0. The summed E-state index contributed by atoms with van der Waals surface area (Å²) >= 11 is 0. The minimum Gasteiger partial charge on any atom is -0.0984 e. The molecule has 0 aliphatic heterocycles. The highest BCUT2D eigenvalue weighted by Crippen LogP contribution is 2.46. The third-order valence-electron chi connectivity index (χ3n) is 9.65. The maximum Gasteiger partial charge on any atom is -0.00201 e. The Labute approximate surface area is 276 Å². The van der Waals surface area contributed by atoms with Crippen molar-refractivity contribution in [2.75, 3.05) is 0 Å². The summed E-state index contributed by atoms with van der Waals surface area (Å²) in [5, 5.41) is 7.45. The van der Waals surface area contributed by atoms with Crippen LogP contribution in [0.25, 0.3) is 89.0 Å². The van der Waals surface area contributed by atoms with E-state index in [1.165, 1.54) is 88.0 Å². The Bertz CT molecular complexity index is 2510. The van der Waals surface area contributed by atoms with Crippen LogP contribution in [0.3, 0.4) is 0 Å². The van der Waals surface area contributed by atoms with Gasteiger partial charge >= 0.3 is 0 Å². The second kappa shape index (κ2) is 11.4. The van der Waals surface area contributed by atoms with Crippen molar-refractivity contribution in [2.45, 2.75) is 6.92 Å². The SMILES string of the molecule is C=CC1=C(/C=C\C)c2cccc3c(-c4ccc5ccc(-c6cccc(-c7cc(C=C)c(C=C)c8ccccc78)c6)cc5c4)ccc1c23. The van der Waals surface area contributed by atoms with Crippen LogP contribution >= 0.6 is 0 Å². The Hall–Kier alpha value is -5.98. The van der Waals surface area contributed by atoms with E-state index in [1.807, 2.05) is 18.2 Å². The van der Waals surface area contributed by atoms with Gasteiger partial charge < -0.3 is 0 Å². The van der Waals surface area contributed by atoms with Gasteiger partial charge in [-0.1, -0.05) is 147 Å². The van der Waals surface area contributed by atoms with Gasteiger partial charge in [0.2, 0.25) is 0 Å². The van der Waals surface area contributed by atoms with Crippen LogP contribution in [0.1, 0.15) is 29.2 Å². The lowest BCUT2D eigenvalue weighted by Crippen LogP contribution is -1.90. The van der Waals surface area contributed by atoms with Gasteiger partial charge in [-0.05, 0) is 130 Å². The molecular weight excluding hydrogens is 565 g/mol. The summed E-state index contributed by atoms with van der Waals surface area (Å²) in [6.07, 6.45) is 10.2. The smallest absolute Gasteiger partial charge is 0.00201 e. The summed E-state index contributed by atoms with van der Waals surface area (Å²) < 4.78 is 0. The van der Waals surface area contributed by atoms with Crippen molar-refractivity contribution < 1.29 is 0 Å². The molecule has 47 heavy (non-hydrogen) atoms. The van der Waals surface area contributed by atoms with E-state index in [9.17, 15) is 0 Å². The number of hydrogen-bond acceptors (Lipinski definition) is 0. The molecule has 1 aliphatic carbocycles. The molecule has 0 heterocycles. The molecule has 0 nitrogen and oxygen atoms in total. The van der Waals surface area contributed by atoms with Gasteiger partial charge in [0.1, 0.15) is 0 Å². The quantitative estimate of drug-likeness (QED) is 0.171. The molecule has 0 unspecified atom stereocenters. The van der Waals surface area contributed by atoms with E-state index in [1.54, 1.807) is 0 Å². The Balaban J connectivity index is 1.23. The molecule has 0 aromatic heterocycles. The van der Waals surface area contributed by atoms with E-state index >= 15 is 0 Å². The molecule has 0 saturated carbocycles. The summed E-state index contributed by atoms with van der Waals surface area (Å²) in [5.74, 6) is 0. The van der Waals surface area contributed by atoms with Crippen LogP contribution in [0.5, 0.6) is 0 Å². The number of fused-ring (bicyclic) bond motifs is 2. The monoisotopic (exact) mass is 598 g/mol. The van der Waals surface area contributed by atoms with E-state index < -0.39 is 0 Å². The highest BCUT2D eigenvalue weighted by atomic mass is 14.3. The minimum absolute atomic E-state index is 1.09. The highest BCUT2D eigenvalue weighted by Gasteiger charge is 2.22. The first-order valence-electron chi connectivity index (χ1n) is 16.1. The Morgan fingerprint density at radius 2 is 1.11 bits per heavy atom. The van der Waals surface area contributed by atoms with Gasteiger partial charge in [0.05, 0.1) is 0 Å². The van der Waals surface area contributed by atoms with Crippen molar-refractivity contribution in [3.05, 3.63) is 182 Å². The Kier molecular flexibility index (Phi) is 6.93. The van der Waals surface area contributed by atoms with E-state index in [0.29, 0.717) is 0 Å². The Morgan fingerprint density at radius 3 is 1.89 bits per heavy atom. The maximum absolute atomic E-state index is 4.14. The fraction of sp³-hybridized carbons (Fsp3) is 0.0213. The molecule has 7 aromatic carbocycles. The van der Waals surface area contributed by atoms with E-state index in [2.05, 4.69) is 160 Å². The molecule has 0 amide bonds. The van der Waals surface area contributed by atoms with Gasteiger partial charge in [-0.25, -0.2) is 0 Å². The molecule has 0 saturated heterocycles. The molecule has 0 fully saturated rings. The fourth-order valence-corrected chi connectivity index (χ4v) is 7.48. The van der Waals surface area contributed by atoms with Gasteiger partial charge in [-0.3, -0.25) is 0 Å². The van der Waals surface area contributed by atoms with Gasteiger partial charge in [0.25, 0.3) is 0 Å². The van der Waals surface area contributed by atoms with Crippen LogP contribution in [0.2, 0.25) is 0 Å². The number of hydrogen-bond donors (Lipinski definition) is 0. The lowest BCUT2D eigenvalue weighted by atomic mass is 9.89.